The lowest BCUT2D eigenvalue weighted by Gasteiger charge is -2.32. The molecule has 36 heavy (non-hydrogen) atoms. The third-order valence-corrected chi connectivity index (χ3v) is 6.03. The molecule has 4 nitrogen and oxygen atoms in total. The Hall–Kier alpha value is -3.27. The molecule has 0 saturated carbocycles. The molecule has 1 amide bonds. The highest BCUT2D eigenvalue weighted by atomic mass is 19.4. The van der Waals surface area contributed by atoms with Gasteiger partial charge in [0.2, 0.25) is 0 Å². The topological polar surface area (TPSA) is 57.6 Å². The normalized spacial score (nSPS) is 11.9. The van der Waals surface area contributed by atoms with Gasteiger partial charge >= 0.3 is 18.1 Å². The molecule has 0 aliphatic heterocycles. The number of halogens is 3. The van der Waals surface area contributed by atoms with Gasteiger partial charge in [-0.25, -0.2) is 4.79 Å². The SMILES string of the molecule is CCCCCCCCC#Cc1ccc(CN(C(=O)C(=O)O)C(CC)c2ccccc2C(F)(F)F)cc1. The fourth-order valence-electron chi connectivity index (χ4n) is 4.15. The minimum atomic E-state index is -4.63. The number of nitrogens with zero attached hydrogens (tertiary/aromatic N) is 1. The van der Waals surface area contributed by atoms with Gasteiger partial charge in [-0.15, -0.1) is 0 Å². The van der Waals surface area contributed by atoms with E-state index in [0.29, 0.717) is 5.56 Å². The average Bonchev–Trinajstić information content (AvgIpc) is 2.85. The van der Waals surface area contributed by atoms with E-state index in [1.54, 1.807) is 31.2 Å². The van der Waals surface area contributed by atoms with Crippen molar-refractivity contribution in [1.29, 1.82) is 0 Å². The highest BCUT2D eigenvalue weighted by molar-refractivity contribution is 6.31. The molecule has 2 aromatic rings. The second-order valence-corrected chi connectivity index (χ2v) is 8.76. The molecule has 0 aliphatic carbocycles. The number of benzene rings is 2. The van der Waals surface area contributed by atoms with Crippen LogP contribution in [0.3, 0.4) is 0 Å². The summed E-state index contributed by atoms with van der Waals surface area (Å²) in [7, 11) is 0. The standard InChI is InChI=1S/C29H34F3NO3/c1-3-5-6-7-8-9-10-11-14-22-17-19-23(20-18-22)21-33(27(34)28(35)36)26(4-2)24-15-12-13-16-25(24)29(30,31)32/h12-13,15-20,26H,3-10,21H2,1-2H3,(H,35,36). The van der Waals surface area contributed by atoms with Crippen LogP contribution in [-0.4, -0.2) is 21.9 Å². The molecular weight excluding hydrogens is 467 g/mol. The van der Waals surface area contributed by atoms with Crippen LogP contribution in [0, 0.1) is 11.8 Å². The predicted molar refractivity (Wildman–Crippen MR) is 134 cm³/mol. The maximum absolute atomic E-state index is 13.6. The van der Waals surface area contributed by atoms with Crippen molar-refractivity contribution in [1.82, 2.24) is 4.90 Å². The summed E-state index contributed by atoms with van der Waals surface area (Å²) >= 11 is 0. The lowest BCUT2D eigenvalue weighted by atomic mass is 9.96. The summed E-state index contributed by atoms with van der Waals surface area (Å²) in [6, 6.07) is 10.9. The second kappa shape index (κ2) is 14.3. The van der Waals surface area contributed by atoms with Gasteiger partial charge in [0.05, 0.1) is 11.6 Å². The van der Waals surface area contributed by atoms with Gasteiger partial charge in [0.1, 0.15) is 0 Å². The molecule has 0 bridgehead atoms. The zero-order valence-electron chi connectivity index (χ0n) is 20.9. The van der Waals surface area contributed by atoms with Gasteiger partial charge in [-0.3, -0.25) is 4.79 Å². The Morgan fingerprint density at radius 1 is 0.944 bits per heavy atom. The highest BCUT2D eigenvalue weighted by Crippen LogP contribution is 2.38. The fraction of sp³-hybridized carbons (Fsp3) is 0.448. The van der Waals surface area contributed by atoms with Gasteiger partial charge in [0, 0.05) is 18.5 Å². The van der Waals surface area contributed by atoms with Gasteiger partial charge in [-0.05, 0) is 42.2 Å². The maximum Gasteiger partial charge on any atom is 0.416 e. The highest BCUT2D eigenvalue weighted by Gasteiger charge is 2.37. The lowest BCUT2D eigenvalue weighted by Crippen LogP contribution is -2.39. The predicted octanol–water partition coefficient (Wildman–Crippen LogP) is 7.37. The number of amides is 1. The molecular formula is C29H34F3NO3. The van der Waals surface area contributed by atoms with Crippen LogP contribution >= 0.6 is 0 Å². The van der Waals surface area contributed by atoms with E-state index in [9.17, 15) is 27.9 Å². The number of carboxylic acid groups (broad SMARTS) is 1. The molecule has 1 atom stereocenters. The van der Waals surface area contributed by atoms with E-state index in [1.165, 1.54) is 43.9 Å². The first-order valence-corrected chi connectivity index (χ1v) is 12.5. The minimum Gasteiger partial charge on any atom is -0.474 e. The molecule has 0 heterocycles. The molecule has 2 rings (SSSR count). The Labute approximate surface area is 211 Å². The number of carboxylic acids is 1. The lowest BCUT2D eigenvalue weighted by molar-refractivity contribution is -0.158. The van der Waals surface area contributed by atoms with Crippen LogP contribution in [-0.2, 0) is 22.3 Å². The Kier molecular flexibility index (Phi) is 11.5. The molecule has 1 unspecified atom stereocenters. The molecule has 0 aromatic heterocycles. The van der Waals surface area contributed by atoms with E-state index in [-0.39, 0.29) is 18.5 Å². The number of unbranched alkanes of at least 4 members (excludes halogenated alkanes) is 6. The monoisotopic (exact) mass is 501 g/mol. The summed E-state index contributed by atoms with van der Waals surface area (Å²) in [6.45, 7) is 3.68. The summed E-state index contributed by atoms with van der Waals surface area (Å²) in [6.07, 6.45) is 3.49. The van der Waals surface area contributed by atoms with E-state index in [0.717, 1.165) is 35.8 Å². The van der Waals surface area contributed by atoms with Crippen LogP contribution in [0.15, 0.2) is 48.5 Å². The van der Waals surface area contributed by atoms with Crippen LogP contribution < -0.4 is 0 Å². The molecule has 0 fully saturated rings. The summed E-state index contributed by atoms with van der Waals surface area (Å²) < 4.78 is 40.9. The first-order chi connectivity index (χ1) is 17.2. The largest absolute Gasteiger partial charge is 0.474 e. The molecule has 0 spiro atoms. The minimum absolute atomic E-state index is 0.119. The smallest absolute Gasteiger partial charge is 0.416 e. The van der Waals surface area contributed by atoms with Crippen LogP contribution in [0.25, 0.3) is 0 Å². The van der Waals surface area contributed by atoms with Crippen molar-refractivity contribution in [3.63, 3.8) is 0 Å². The van der Waals surface area contributed by atoms with Gasteiger partial charge in [0.25, 0.3) is 0 Å². The van der Waals surface area contributed by atoms with Gasteiger partial charge in [-0.1, -0.05) is 88.1 Å². The number of rotatable bonds is 11. The van der Waals surface area contributed by atoms with E-state index >= 15 is 0 Å². The molecule has 0 aliphatic rings. The zero-order valence-corrected chi connectivity index (χ0v) is 20.9. The third kappa shape index (κ3) is 8.75. The fourth-order valence-corrected chi connectivity index (χ4v) is 4.15. The van der Waals surface area contributed by atoms with Crippen molar-refractivity contribution in [3.8, 4) is 11.8 Å². The quantitative estimate of drug-likeness (QED) is 0.199. The Morgan fingerprint density at radius 2 is 1.58 bits per heavy atom. The summed E-state index contributed by atoms with van der Waals surface area (Å²) in [5, 5.41) is 9.36. The Morgan fingerprint density at radius 3 is 2.19 bits per heavy atom. The van der Waals surface area contributed by atoms with E-state index < -0.39 is 29.7 Å². The van der Waals surface area contributed by atoms with E-state index in [1.807, 2.05) is 0 Å². The Balaban J connectivity index is 2.17. The number of carbonyl (C=O) groups excluding carboxylic acids is 1. The Bertz CT molecular complexity index is 1050. The van der Waals surface area contributed by atoms with Gasteiger partial charge < -0.3 is 10.0 Å². The van der Waals surface area contributed by atoms with Crippen molar-refractivity contribution in [2.75, 3.05) is 0 Å². The molecule has 7 heteroatoms. The van der Waals surface area contributed by atoms with Crippen molar-refractivity contribution in [2.24, 2.45) is 0 Å². The molecule has 1 N–H and O–H groups in total. The van der Waals surface area contributed by atoms with Crippen molar-refractivity contribution in [3.05, 3.63) is 70.8 Å². The van der Waals surface area contributed by atoms with Crippen molar-refractivity contribution < 1.29 is 27.9 Å². The number of aliphatic carboxylic acids is 1. The number of carbonyl (C=O) groups is 2. The second-order valence-electron chi connectivity index (χ2n) is 8.76. The first-order valence-electron chi connectivity index (χ1n) is 12.5. The number of hydrogen-bond acceptors (Lipinski definition) is 2. The third-order valence-electron chi connectivity index (χ3n) is 6.03. The summed E-state index contributed by atoms with van der Waals surface area (Å²) in [5.74, 6) is 3.30. The summed E-state index contributed by atoms with van der Waals surface area (Å²) in [4.78, 5) is 25.1. The molecule has 0 saturated heterocycles. The first kappa shape index (κ1) is 29.0. The molecule has 2 aromatic carbocycles. The zero-order chi connectivity index (χ0) is 26.6. The van der Waals surface area contributed by atoms with Crippen LogP contribution in [0.1, 0.15) is 93.5 Å². The van der Waals surface area contributed by atoms with E-state index in [2.05, 4.69) is 18.8 Å². The van der Waals surface area contributed by atoms with Gasteiger partial charge in [-0.2, -0.15) is 13.2 Å². The van der Waals surface area contributed by atoms with E-state index in [4.69, 9.17) is 0 Å². The molecule has 194 valence electrons. The van der Waals surface area contributed by atoms with Crippen LogP contribution in [0.2, 0.25) is 0 Å². The van der Waals surface area contributed by atoms with Crippen molar-refractivity contribution in [2.45, 2.75) is 84.0 Å². The van der Waals surface area contributed by atoms with Crippen LogP contribution in [0.5, 0.6) is 0 Å². The molecule has 0 radical (unpaired) electrons. The summed E-state index contributed by atoms with van der Waals surface area (Å²) in [5.41, 5.74) is 0.389. The average molecular weight is 502 g/mol. The number of hydrogen-bond donors (Lipinski definition) is 1. The number of alkyl halides is 3. The van der Waals surface area contributed by atoms with Crippen molar-refractivity contribution >= 4 is 11.9 Å². The van der Waals surface area contributed by atoms with Gasteiger partial charge in [0.15, 0.2) is 0 Å². The van der Waals surface area contributed by atoms with Crippen LogP contribution in [0.4, 0.5) is 13.2 Å². The maximum atomic E-state index is 13.6.